The van der Waals surface area contributed by atoms with Crippen LogP contribution in [-0.2, 0) is 0 Å². The topological polar surface area (TPSA) is 26.1 Å². The maximum Gasteiger partial charge on any atom is 0.160 e. The van der Waals surface area contributed by atoms with Gasteiger partial charge in [-0.15, -0.1) is 0 Å². The normalized spacial score (nSPS) is 13.9. The maximum atomic E-state index is 11.0. The van der Waals surface area contributed by atoms with Gasteiger partial charge in [0.05, 0.1) is 0 Å². The zero-order valence-electron chi connectivity index (χ0n) is 6.64. The van der Waals surface area contributed by atoms with Crippen LogP contribution in [0.2, 0.25) is 0 Å². The summed E-state index contributed by atoms with van der Waals surface area (Å²) < 4.78 is 1.06. The van der Waals surface area contributed by atoms with Crippen LogP contribution in [0.15, 0.2) is 0 Å². The summed E-state index contributed by atoms with van der Waals surface area (Å²) in [6.07, 6.45) is 0.849. The molecule has 0 bridgehead atoms. The van der Waals surface area contributed by atoms with E-state index in [1.165, 1.54) is 0 Å². The van der Waals surface area contributed by atoms with Gasteiger partial charge in [-0.3, -0.25) is 0 Å². The van der Waals surface area contributed by atoms with Gasteiger partial charge in [0.15, 0.2) is 11.8 Å². The quantitative estimate of drug-likeness (QED) is 0.241. The second-order valence-electron chi connectivity index (χ2n) is 2.51. The highest BCUT2D eigenvalue weighted by Crippen LogP contribution is 1.90. The monoisotopic (exact) mass is 129 g/mol. The van der Waals surface area contributed by atoms with Crippen LogP contribution in [0.5, 0.6) is 0 Å². The minimum absolute atomic E-state index is 0.0879. The van der Waals surface area contributed by atoms with E-state index >= 15 is 0 Å². The Balaban J connectivity index is 4.10. The molecule has 0 aliphatic carbocycles. The number of hydrogen-bond donors (Lipinski definition) is 0. The fourth-order valence-corrected chi connectivity index (χ4v) is 0.597. The van der Waals surface area contributed by atoms with Crippen LogP contribution in [0.4, 0.5) is 0 Å². The van der Waals surface area contributed by atoms with Gasteiger partial charge < -0.3 is 5.21 Å². The van der Waals surface area contributed by atoms with Crippen molar-refractivity contribution in [3.8, 4) is 0 Å². The third-order valence-electron chi connectivity index (χ3n) is 1.36. The van der Waals surface area contributed by atoms with Crippen molar-refractivity contribution < 1.29 is 4.74 Å². The summed E-state index contributed by atoms with van der Waals surface area (Å²) in [5.41, 5.74) is 0.907. The van der Waals surface area contributed by atoms with Gasteiger partial charge in [-0.05, 0) is 13.8 Å². The molecule has 0 aliphatic heterocycles. The molecule has 0 saturated carbocycles. The molecule has 54 valence electrons. The van der Waals surface area contributed by atoms with Crippen LogP contribution >= 0.6 is 0 Å². The van der Waals surface area contributed by atoms with Crippen LogP contribution < -0.4 is 0 Å². The van der Waals surface area contributed by atoms with E-state index in [2.05, 4.69) is 0 Å². The van der Waals surface area contributed by atoms with Crippen LogP contribution in [0.1, 0.15) is 34.1 Å². The first-order chi connectivity index (χ1) is 4.09. The molecule has 0 unspecified atom stereocenters. The van der Waals surface area contributed by atoms with Crippen LogP contribution in [0.25, 0.3) is 0 Å². The van der Waals surface area contributed by atoms with Gasteiger partial charge in [-0.25, -0.2) is 4.74 Å². The van der Waals surface area contributed by atoms with Crippen molar-refractivity contribution in [2.24, 2.45) is 0 Å². The third-order valence-corrected chi connectivity index (χ3v) is 1.36. The molecule has 0 radical (unpaired) electrons. The summed E-state index contributed by atoms with van der Waals surface area (Å²) >= 11 is 0. The lowest BCUT2D eigenvalue weighted by Gasteiger charge is -2.09. The molecule has 0 fully saturated rings. The molecule has 0 spiro atoms. The van der Waals surface area contributed by atoms with Crippen molar-refractivity contribution in [2.45, 2.75) is 40.2 Å². The molecule has 0 aliphatic rings. The molecule has 2 nitrogen and oxygen atoms in total. The van der Waals surface area contributed by atoms with E-state index in [-0.39, 0.29) is 6.04 Å². The molecular formula is C7H15NO. The minimum atomic E-state index is 0.0879. The zero-order chi connectivity index (χ0) is 7.44. The Morgan fingerprint density at radius 3 is 2.11 bits per heavy atom. The lowest BCUT2D eigenvalue weighted by atomic mass is 10.3. The average Bonchev–Trinajstić information content (AvgIpc) is 1.84. The van der Waals surface area contributed by atoms with Gasteiger partial charge in [0.1, 0.15) is 0 Å². The zero-order valence-corrected chi connectivity index (χ0v) is 6.64. The molecule has 0 atom stereocenters. The van der Waals surface area contributed by atoms with Crippen LogP contribution in [0.3, 0.4) is 0 Å². The summed E-state index contributed by atoms with van der Waals surface area (Å²) in [7, 11) is 0. The first-order valence-corrected chi connectivity index (χ1v) is 3.38. The van der Waals surface area contributed by atoms with E-state index in [0.29, 0.717) is 0 Å². The van der Waals surface area contributed by atoms with Crippen molar-refractivity contribution in [1.29, 1.82) is 0 Å². The second-order valence-corrected chi connectivity index (χ2v) is 2.51. The van der Waals surface area contributed by atoms with Gasteiger partial charge in [-0.2, -0.15) is 0 Å². The number of hydroxylamine groups is 1. The molecule has 0 aromatic rings. The summed E-state index contributed by atoms with van der Waals surface area (Å²) in [4.78, 5) is 0. The lowest BCUT2D eigenvalue weighted by Crippen LogP contribution is -2.19. The first-order valence-electron chi connectivity index (χ1n) is 3.38. The Labute approximate surface area is 56.8 Å². The van der Waals surface area contributed by atoms with Crippen LogP contribution in [0, 0.1) is 5.21 Å². The molecular weight excluding hydrogens is 114 g/mol. The van der Waals surface area contributed by atoms with Crippen molar-refractivity contribution in [3.63, 3.8) is 0 Å². The molecule has 9 heavy (non-hydrogen) atoms. The van der Waals surface area contributed by atoms with E-state index in [1.54, 1.807) is 0 Å². The number of rotatable bonds is 2. The van der Waals surface area contributed by atoms with E-state index in [4.69, 9.17) is 0 Å². The van der Waals surface area contributed by atoms with Gasteiger partial charge in [0.2, 0.25) is 0 Å². The molecule has 2 heteroatoms. The molecule has 0 rings (SSSR count). The van der Waals surface area contributed by atoms with Gasteiger partial charge in [0.25, 0.3) is 0 Å². The highest BCUT2D eigenvalue weighted by atomic mass is 16.5. The Bertz CT molecular complexity index is 116. The predicted octanol–water partition coefficient (Wildman–Crippen LogP) is 1.78. The fourth-order valence-electron chi connectivity index (χ4n) is 0.597. The largest absolute Gasteiger partial charge is 0.624 e. The summed E-state index contributed by atoms with van der Waals surface area (Å²) in [5.74, 6) is 0. The predicted molar refractivity (Wildman–Crippen MR) is 39.7 cm³/mol. The fraction of sp³-hybridized carbons (Fsp3) is 0.857. The Kier molecular flexibility index (Phi) is 3.28. The number of hydrogen-bond acceptors (Lipinski definition) is 1. The lowest BCUT2D eigenvalue weighted by molar-refractivity contribution is -0.493. The maximum absolute atomic E-state index is 11.0. The highest BCUT2D eigenvalue weighted by Gasteiger charge is 2.03. The Morgan fingerprint density at radius 2 is 2.00 bits per heavy atom. The van der Waals surface area contributed by atoms with E-state index < -0.39 is 0 Å². The van der Waals surface area contributed by atoms with Gasteiger partial charge in [-0.1, -0.05) is 6.92 Å². The van der Waals surface area contributed by atoms with Gasteiger partial charge >= 0.3 is 0 Å². The number of nitrogens with zero attached hydrogens (tertiary/aromatic N) is 1. The van der Waals surface area contributed by atoms with Gasteiger partial charge in [0, 0.05) is 13.3 Å². The average molecular weight is 129 g/mol. The van der Waals surface area contributed by atoms with Crippen LogP contribution in [-0.4, -0.2) is 16.5 Å². The Morgan fingerprint density at radius 1 is 1.56 bits per heavy atom. The SMILES string of the molecule is CCC(C)=[N+]([O-])C(C)C. The van der Waals surface area contributed by atoms with Crippen molar-refractivity contribution >= 4 is 5.71 Å². The third kappa shape index (κ3) is 2.49. The first kappa shape index (κ1) is 8.47. The molecule has 0 aromatic carbocycles. The van der Waals surface area contributed by atoms with E-state index in [1.807, 2.05) is 27.7 Å². The summed E-state index contributed by atoms with van der Waals surface area (Å²) in [5, 5.41) is 11.0. The van der Waals surface area contributed by atoms with Crippen molar-refractivity contribution in [2.75, 3.05) is 0 Å². The molecule has 0 saturated heterocycles. The highest BCUT2D eigenvalue weighted by molar-refractivity contribution is 5.76. The molecule has 0 amide bonds. The Hall–Kier alpha value is -0.530. The molecule has 0 aromatic heterocycles. The van der Waals surface area contributed by atoms with E-state index in [9.17, 15) is 5.21 Å². The molecule has 0 heterocycles. The molecule has 0 N–H and O–H groups in total. The van der Waals surface area contributed by atoms with E-state index in [0.717, 1.165) is 16.9 Å². The summed E-state index contributed by atoms with van der Waals surface area (Å²) in [6.45, 7) is 7.65. The minimum Gasteiger partial charge on any atom is -0.624 e. The standard InChI is InChI=1S/C7H15NO/c1-5-7(4)8(9)6(2)3/h6H,5H2,1-4H3. The smallest absolute Gasteiger partial charge is 0.160 e. The second kappa shape index (κ2) is 3.49. The van der Waals surface area contributed by atoms with Crippen molar-refractivity contribution in [3.05, 3.63) is 5.21 Å². The summed E-state index contributed by atoms with van der Waals surface area (Å²) in [6, 6.07) is 0.0879. The van der Waals surface area contributed by atoms with Crippen molar-refractivity contribution in [1.82, 2.24) is 0 Å².